The van der Waals surface area contributed by atoms with Gasteiger partial charge in [0.25, 0.3) is 0 Å². The summed E-state index contributed by atoms with van der Waals surface area (Å²) in [6.45, 7) is 0. The third-order valence-electron chi connectivity index (χ3n) is 3.70. The molecule has 0 saturated heterocycles. The molecule has 0 N–H and O–H groups in total. The highest BCUT2D eigenvalue weighted by Gasteiger charge is 2.23. The minimum absolute atomic E-state index is 0.303. The van der Waals surface area contributed by atoms with Crippen molar-refractivity contribution in [3.63, 3.8) is 0 Å². The van der Waals surface area contributed by atoms with E-state index in [9.17, 15) is 4.79 Å². The van der Waals surface area contributed by atoms with Gasteiger partial charge in [0, 0.05) is 10.0 Å². The second-order valence-corrected chi connectivity index (χ2v) is 5.97. The van der Waals surface area contributed by atoms with Gasteiger partial charge in [0.1, 0.15) is 5.75 Å². The number of hydrogen-bond acceptors (Lipinski definition) is 3. The molecule has 0 fully saturated rings. The molecule has 2 aromatic rings. The fourth-order valence-corrected chi connectivity index (χ4v) is 2.97. The first-order valence-electron chi connectivity index (χ1n) is 7.21. The van der Waals surface area contributed by atoms with Gasteiger partial charge < -0.3 is 9.47 Å². The van der Waals surface area contributed by atoms with Gasteiger partial charge in [-0.15, -0.1) is 0 Å². The van der Waals surface area contributed by atoms with Crippen LogP contribution in [0.1, 0.15) is 23.5 Å². The SMILES string of the molecule is COC(=O)[C@H](CCc1ccc(OC)cc1)c1ccc(Cl)cc1Cl. The third kappa shape index (κ3) is 4.63. The van der Waals surface area contributed by atoms with E-state index >= 15 is 0 Å². The summed E-state index contributed by atoms with van der Waals surface area (Å²) >= 11 is 12.2. The average molecular weight is 353 g/mol. The van der Waals surface area contributed by atoms with Gasteiger partial charge in [0.05, 0.1) is 20.1 Å². The van der Waals surface area contributed by atoms with E-state index in [1.54, 1.807) is 25.3 Å². The van der Waals surface area contributed by atoms with Crippen molar-refractivity contribution in [3.05, 3.63) is 63.6 Å². The fourth-order valence-electron chi connectivity index (χ4n) is 2.43. The molecule has 0 unspecified atom stereocenters. The predicted octanol–water partition coefficient (Wildman–Crippen LogP) is 4.89. The Bertz CT molecular complexity index is 668. The van der Waals surface area contributed by atoms with Crippen molar-refractivity contribution < 1.29 is 14.3 Å². The molecule has 0 aromatic heterocycles. The number of carbonyl (C=O) groups excluding carboxylic acids is 1. The predicted molar refractivity (Wildman–Crippen MR) is 92.5 cm³/mol. The van der Waals surface area contributed by atoms with E-state index < -0.39 is 5.92 Å². The van der Waals surface area contributed by atoms with Crippen molar-refractivity contribution in [2.24, 2.45) is 0 Å². The molecule has 23 heavy (non-hydrogen) atoms. The Morgan fingerprint density at radius 1 is 1.09 bits per heavy atom. The largest absolute Gasteiger partial charge is 0.497 e. The summed E-state index contributed by atoms with van der Waals surface area (Å²) in [6, 6.07) is 12.9. The maximum Gasteiger partial charge on any atom is 0.313 e. The molecular weight excluding hydrogens is 335 g/mol. The summed E-state index contributed by atoms with van der Waals surface area (Å²) in [4.78, 5) is 12.1. The van der Waals surface area contributed by atoms with Crippen LogP contribution in [-0.2, 0) is 16.0 Å². The Labute approximate surface area is 146 Å². The van der Waals surface area contributed by atoms with Crippen molar-refractivity contribution in [3.8, 4) is 5.75 Å². The van der Waals surface area contributed by atoms with Crippen LogP contribution in [0, 0.1) is 0 Å². The molecule has 0 amide bonds. The maximum absolute atomic E-state index is 12.1. The monoisotopic (exact) mass is 352 g/mol. The van der Waals surface area contributed by atoms with Crippen LogP contribution < -0.4 is 4.74 Å². The highest BCUT2D eigenvalue weighted by molar-refractivity contribution is 6.35. The van der Waals surface area contributed by atoms with E-state index in [1.807, 2.05) is 24.3 Å². The number of methoxy groups -OCH3 is 2. The summed E-state index contributed by atoms with van der Waals surface area (Å²) in [6.07, 6.45) is 1.32. The van der Waals surface area contributed by atoms with Gasteiger partial charge in [-0.1, -0.05) is 41.4 Å². The van der Waals surface area contributed by atoms with Crippen LogP contribution in [0.3, 0.4) is 0 Å². The van der Waals surface area contributed by atoms with Gasteiger partial charge in [-0.25, -0.2) is 0 Å². The van der Waals surface area contributed by atoms with Crippen LogP contribution in [0.15, 0.2) is 42.5 Å². The molecule has 0 radical (unpaired) electrons. The fraction of sp³-hybridized carbons (Fsp3) is 0.278. The molecule has 1 atom stereocenters. The van der Waals surface area contributed by atoms with Crippen LogP contribution in [0.2, 0.25) is 10.0 Å². The van der Waals surface area contributed by atoms with E-state index in [4.69, 9.17) is 32.7 Å². The molecule has 0 heterocycles. The van der Waals surface area contributed by atoms with E-state index in [2.05, 4.69) is 0 Å². The zero-order valence-corrected chi connectivity index (χ0v) is 14.5. The summed E-state index contributed by atoms with van der Waals surface area (Å²) in [5.41, 5.74) is 1.85. The molecule has 0 aliphatic heterocycles. The number of carbonyl (C=O) groups is 1. The molecule has 3 nitrogen and oxygen atoms in total. The van der Waals surface area contributed by atoms with Gasteiger partial charge in [-0.05, 0) is 48.2 Å². The quantitative estimate of drug-likeness (QED) is 0.694. The summed E-state index contributed by atoms with van der Waals surface area (Å²) in [5, 5.41) is 1.01. The van der Waals surface area contributed by atoms with Gasteiger partial charge in [-0.3, -0.25) is 4.79 Å². The lowest BCUT2D eigenvalue weighted by Crippen LogP contribution is -2.15. The summed E-state index contributed by atoms with van der Waals surface area (Å²) in [5.74, 6) is 0.0774. The second kappa shape index (κ2) is 8.23. The van der Waals surface area contributed by atoms with Crippen molar-refractivity contribution in [2.75, 3.05) is 14.2 Å². The van der Waals surface area contributed by atoms with Crippen LogP contribution in [-0.4, -0.2) is 20.2 Å². The lowest BCUT2D eigenvalue weighted by molar-refractivity contribution is -0.142. The number of hydrogen-bond donors (Lipinski definition) is 0. The van der Waals surface area contributed by atoms with Crippen LogP contribution in [0.5, 0.6) is 5.75 Å². The Kier molecular flexibility index (Phi) is 6.31. The molecule has 2 aromatic carbocycles. The Hall–Kier alpha value is -1.71. The van der Waals surface area contributed by atoms with Crippen LogP contribution in [0.25, 0.3) is 0 Å². The van der Waals surface area contributed by atoms with Gasteiger partial charge in [0.2, 0.25) is 0 Å². The molecule has 0 bridgehead atoms. The van der Waals surface area contributed by atoms with Crippen molar-refractivity contribution in [1.82, 2.24) is 0 Å². The summed E-state index contributed by atoms with van der Waals surface area (Å²) < 4.78 is 10.1. The zero-order valence-electron chi connectivity index (χ0n) is 13.0. The van der Waals surface area contributed by atoms with E-state index in [-0.39, 0.29) is 5.97 Å². The van der Waals surface area contributed by atoms with E-state index in [0.717, 1.165) is 23.3 Å². The number of benzene rings is 2. The first kappa shape index (κ1) is 17.6. The molecule has 2 rings (SSSR count). The molecule has 0 saturated carbocycles. The Morgan fingerprint density at radius 3 is 2.35 bits per heavy atom. The van der Waals surface area contributed by atoms with Crippen molar-refractivity contribution >= 4 is 29.2 Å². The van der Waals surface area contributed by atoms with Crippen molar-refractivity contribution in [1.29, 1.82) is 0 Å². The molecular formula is C18H18Cl2O3. The molecule has 5 heteroatoms. The summed E-state index contributed by atoms with van der Waals surface area (Å²) in [7, 11) is 3.01. The number of esters is 1. The first-order chi connectivity index (χ1) is 11.0. The van der Waals surface area contributed by atoms with Crippen molar-refractivity contribution in [2.45, 2.75) is 18.8 Å². The topological polar surface area (TPSA) is 35.5 Å². The Morgan fingerprint density at radius 2 is 1.78 bits per heavy atom. The standard InChI is InChI=1S/C18H18Cl2O3/c1-22-14-7-3-12(4-8-14)5-9-16(18(21)23-2)15-10-6-13(19)11-17(15)20/h3-4,6-8,10-11,16H,5,9H2,1-2H3/t16-/m1/s1. The normalized spacial score (nSPS) is 11.8. The third-order valence-corrected chi connectivity index (χ3v) is 4.27. The average Bonchev–Trinajstić information content (AvgIpc) is 2.56. The first-order valence-corrected chi connectivity index (χ1v) is 7.96. The van der Waals surface area contributed by atoms with Crippen LogP contribution in [0.4, 0.5) is 0 Å². The number of aryl methyl sites for hydroxylation is 1. The zero-order chi connectivity index (χ0) is 16.8. The Balaban J connectivity index is 2.16. The van der Waals surface area contributed by atoms with E-state index in [0.29, 0.717) is 16.5 Å². The van der Waals surface area contributed by atoms with Gasteiger partial charge in [-0.2, -0.15) is 0 Å². The smallest absolute Gasteiger partial charge is 0.313 e. The highest BCUT2D eigenvalue weighted by atomic mass is 35.5. The van der Waals surface area contributed by atoms with Gasteiger partial charge >= 0.3 is 5.97 Å². The molecule has 0 spiro atoms. The minimum Gasteiger partial charge on any atom is -0.497 e. The number of rotatable bonds is 6. The van der Waals surface area contributed by atoms with Crippen LogP contribution >= 0.6 is 23.2 Å². The maximum atomic E-state index is 12.1. The lowest BCUT2D eigenvalue weighted by atomic mass is 9.92. The number of ether oxygens (including phenoxy) is 2. The molecule has 0 aliphatic carbocycles. The molecule has 0 aliphatic rings. The molecule has 122 valence electrons. The minimum atomic E-state index is -0.424. The van der Waals surface area contributed by atoms with E-state index in [1.165, 1.54) is 7.11 Å². The lowest BCUT2D eigenvalue weighted by Gasteiger charge is -2.17. The van der Waals surface area contributed by atoms with Gasteiger partial charge in [0.15, 0.2) is 0 Å². The number of halogens is 2. The second-order valence-electron chi connectivity index (χ2n) is 5.13. The highest BCUT2D eigenvalue weighted by Crippen LogP contribution is 2.31.